The average molecular weight is 286 g/mol. The number of fused-ring (bicyclic) bond motifs is 2. The summed E-state index contributed by atoms with van der Waals surface area (Å²) < 4.78 is 5.89. The van der Waals surface area contributed by atoms with Gasteiger partial charge in [-0.2, -0.15) is 0 Å². The smallest absolute Gasteiger partial charge is 0.226 e. The van der Waals surface area contributed by atoms with E-state index in [1.807, 2.05) is 4.90 Å². The molecule has 21 heavy (non-hydrogen) atoms. The molecule has 2 bridgehead atoms. The summed E-state index contributed by atoms with van der Waals surface area (Å²) in [4.78, 5) is 16.3. The molecule has 0 saturated carbocycles. The van der Waals surface area contributed by atoms with E-state index in [0.29, 0.717) is 18.6 Å². The lowest BCUT2D eigenvalue weighted by Gasteiger charge is -2.34. The van der Waals surface area contributed by atoms with Crippen molar-refractivity contribution in [3.8, 4) is 0 Å². The largest absolute Gasteiger partial charge is 0.371 e. The Labute approximate surface area is 125 Å². The predicted octanol–water partition coefficient (Wildman–Crippen LogP) is 2.57. The Bertz CT molecular complexity index is 516. The van der Waals surface area contributed by atoms with E-state index in [9.17, 15) is 4.79 Å². The van der Waals surface area contributed by atoms with Gasteiger partial charge in [0, 0.05) is 37.4 Å². The summed E-state index contributed by atoms with van der Waals surface area (Å²) in [5.41, 5.74) is 2.29. The number of nitrogens with zero attached hydrogens (tertiary/aromatic N) is 2. The van der Waals surface area contributed by atoms with E-state index < -0.39 is 0 Å². The normalized spacial score (nSPS) is 29.0. The maximum atomic E-state index is 12.0. The molecule has 2 atom stereocenters. The zero-order valence-electron chi connectivity index (χ0n) is 12.3. The molecule has 0 aromatic heterocycles. The fourth-order valence-electron chi connectivity index (χ4n) is 3.75. The summed E-state index contributed by atoms with van der Waals surface area (Å²) in [6, 6.07) is 8.50. The van der Waals surface area contributed by atoms with Crippen molar-refractivity contribution in [3.63, 3.8) is 0 Å². The van der Waals surface area contributed by atoms with Crippen LogP contribution < -0.4 is 9.80 Å². The molecule has 1 amide bonds. The molecule has 0 aliphatic carbocycles. The zero-order chi connectivity index (χ0) is 14.2. The van der Waals surface area contributed by atoms with Gasteiger partial charge in [-0.05, 0) is 49.9 Å². The van der Waals surface area contributed by atoms with Crippen molar-refractivity contribution in [2.45, 2.75) is 44.3 Å². The van der Waals surface area contributed by atoms with Gasteiger partial charge in [0.05, 0.1) is 12.2 Å². The third-order valence-electron chi connectivity index (χ3n) is 4.89. The predicted molar refractivity (Wildman–Crippen MR) is 82.8 cm³/mol. The summed E-state index contributed by atoms with van der Waals surface area (Å²) in [7, 11) is 0. The Hall–Kier alpha value is -1.55. The minimum atomic E-state index is 0.262. The minimum Gasteiger partial charge on any atom is -0.371 e. The topological polar surface area (TPSA) is 32.8 Å². The van der Waals surface area contributed by atoms with Gasteiger partial charge in [-0.25, -0.2) is 0 Å². The third-order valence-corrected chi connectivity index (χ3v) is 4.89. The van der Waals surface area contributed by atoms with Gasteiger partial charge in [0.15, 0.2) is 0 Å². The molecule has 4 heteroatoms. The van der Waals surface area contributed by atoms with Gasteiger partial charge in [-0.15, -0.1) is 0 Å². The Morgan fingerprint density at radius 3 is 2.29 bits per heavy atom. The molecule has 4 rings (SSSR count). The number of hydrogen-bond acceptors (Lipinski definition) is 3. The molecule has 3 aliphatic rings. The van der Waals surface area contributed by atoms with Crippen molar-refractivity contribution in [2.75, 3.05) is 29.4 Å². The average Bonchev–Trinajstić information content (AvgIpc) is 2.86. The van der Waals surface area contributed by atoms with E-state index >= 15 is 0 Å². The van der Waals surface area contributed by atoms with Crippen molar-refractivity contribution in [3.05, 3.63) is 24.3 Å². The van der Waals surface area contributed by atoms with E-state index in [-0.39, 0.29) is 5.91 Å². The highest BCUT2D eigenvalue weighted by atomic mass is 16.5. The molecule has 1 aromatic carbocycles. The lowest BCUT2D eigenvalue weighted by molar-refractivity contribution is -0.119. The van der Waals surface area contributed by atoms with Crippen LogP contribution in [-0.4, -0.2) is 37.7 Å². The minimum absolute atomic E-state index is 0.262. The SMILES string of the molecule is O=C1CCCCN1c1ccc(N2C[C@H]3CC[C@@H](C2)O3)cc1. The second kappa shape index (κ2) is 5.34. The second-order valence-corrected chi connectivity index (χ2v) is 6.38. The maximum Gasteiger partial charge on any atom is 0.226 e. The fourth-order valence-corrected chi connectivity index (χ4v) is 3.75. The van der Waals surface area contributed by atoms with E-state index in [0.717, 1.165) is 38.2 Å². The number of carbonyl (C=O) groups is 1. The number of amides is 1. The Balaban J connectivity index is 1.49. The molecule has 0 radical (unpaired) electrons. The van der Waals surface area contributed by atoms with Crippen molar-refractivity contribution >= 4 is 17.3 Å². The van der Waals surface area contributed by atoms with Crippen LogP contribution in [0, 0.1) is 0 Å². The first-order valence-corrected chi connectivity index (χ1v) is 8.10. The van der Waals surface area contributed by atoms with Gasteiger partial charge < -0.3 is 14.5 Å². The van der Waals surface area contributed by atoms with Crippen LogP contribution in [-0.2, 0) is 9.53 Å². The van der Waals surface area contributed by atoms with Crippen LogP contribution in [0.4, 0.5) is 11.4 Å². The summed E-state index contributed by atoms with van der Waals surface area (Å²) in [6.45, 7) is 2.86. The first kappa shape index (κ1) is 13.1. The van der Waals surface area contributed by atoms with Crippen molar-refractivity contribution in [2.24, 2.45) is 0 Å². The lowest BCUT2D eigenvalue weighted by atomic mass is 10.1. The number of hydrogen-bond donors (Lipinski definition) is 0. The van der Waals surface area contributed by atoms with Crippen molar-refractivity contribution in [1.82, 2.24) is 0 Å². The fraction of sp³-hybridized carbons (Fsp3) is 0.588. The van der Waals surface area contributed by atoms with Gasteiger partial charge in [-0.1, -0.05) is 0 Å². The van der Waals surface area contributed by atoms with Gasteiger partial charge in [0.25, 0.3) is 0 Å². The Morgan fingerprint density at radius 1 is 0.952 bits per heavy atom. The standard InChI is InChI=1S/C17H22N2O2/c20-17-3-1-2-10-19(17)14-6-4-13(5-7-14)18-11-15-8-9-16(12-18)21-15/h4-7,15-16H,1-3,8-12H2/t15-,16+. The number of rotatable bonds is 2. The molecule has 3 fully saturated rings. The van der Waals surface area contributed by atoms with E-state index in [1.54, 1.807) is 0 Å². The van der Waals surface area contributed by atoms with Crippen LogP contribution in [0.2, 0.25) is 0 Å². The number of anilines is 2. The van der Waals surface area contributed by atoms with Gasteiger partial charge in [-0.3, -0.25) is 4.79 Å². The van der Waals surface area contributed by atoms with Crippen molar-refractivity contribution < 1.29 is 9.53 Å². The molecular weight excluding hydrogens is 264 g/mol. The summed E-state index contributed by atoms with van der Waals surface area (Å²) in [6.07, 6.45) is 6.04. The van der Waals surface area contributed by atoms with Crippen molar-refractivity contribution in [1.29, 1.82) is 0 Å². The maximum absolute atomic E-state index is 12.0. The van der Waals surface area contributed by atoms with Crippen LogP contribution >= 0.6 is 0 Å². The highest BCUT2D eigenvalue weighted by Crippen LogP contribution is 2.31. The first-order valence-electron chi connectivity index (χ1n) is 8.10. The molecule has 0 N–H and O–H groups in total. The zero-order valence-corrected chi connectivity index (χ0v) is 12.3. The Morgan fingerprint density at radius 2 is 1.62 bits per heavy atom. The van der Waals surface area contributed by atoms with E-state index in [2.05, 4.69) is 29.2 Å². The molecule has 3 aliphatic heterocycles. The van der Waals surface area contributed by atoms with Crippen LogP contribution in [0.25, 0.3) is 0 Å². The summed E-state index contributed by atoms with van der Waals surface area (Å²) in [5, 5.41) is 0. The van der Waals surface area contributed by atoms with E-state index in [4.69, 9.17) is 4.74 Å². The summed E-state index contributed by atoms with van der Waals surface area (Å²) in [5.74, 6) is 0.262. The monoisotopic (exact) mass is 286 g/mol. The highest BCUT2D eigenvalue weighted by molar-refractivity contribution is 5.94. The Kier molecular flexibility index (Phi) is 3.34. The third kappa shape index (κ3) is 2.53. The molecule has 3 heterocycles. The lowest BCUT2D eigenvalue weighted by Crippen LogP contribution is -2.42. The molecule has 4 nitrogen and oxygen atoms in total. The van der Waals surface area contributed by atoms with Crippen LogP contribution in [0.5, 0.6) is 0 Å². The second-order valence-electron chi connectivity index (χ2n) is 6.38. The highest BCUT2D eigenvalue weighted by Gasteiger charge is 2.33. The molecular formula is C17H22N2O2. The van der Waals surface area contributed by atoms with Crippen LogP contribution in [0.1, 0.15) is 32.1 Å². The number of piperidine rings is 1. The number of morpholine rings is 1. The quantitative estimate of drug-likeness (QED) is 0.837. The van der Waals surface area contributed by atoms with E-state index in [1.165, 1.54) is 18.5 Å². The van der Waals surface area contributed by atoms with Crippen LogP contribution in [0.15, 0.2) is 24.3 Å². The summed E-state index contributed by atoms with van der Waals surface area (Å²) >= 11 is 0. The van der Waals surface area contributed by atoms with Crippen LogP contribution in [0.3, 0.4) is 0 Å². The van der Waals surface area contributed by atoms with Gasteiger partial charge in [0.2, 0.25) is 5.91 Å². The number of carbonyl (C=O) groups excluding carboxylic acids is 1. The molecule has 3 saturated heterocycles. The number of ether oxygens (including phenoxy) is 1. The molecule has 112 valence electrons. The van der Waals surface area contributed by atoms with Gasteiger partial charge >= 0.3 is 0 Å². The first-order chi connectivity index (χ1) is 10.3. The molecule has 0 spiro atoms. The molecule has 0 unspecified atom stereocenters. The number of benzene rings is 1. The van der Waals surface area contributed by atoms with Gasteiger partial charge in [0.1, 0.15) is 0 Å². The molecule has 1 aromatic rings.